The van der Waals surface area contributed by atoms with Crippen LogP contribution in [0.15, 0.2) is 42.7 Å². The fourth-order valence-corrected chi connectivity index (χ4v) is 1.45. The van der Waals surface area contributed by atoms with E-state index in [2.05, 4.69) is 10.2 Å². The second-order valence-corrected chi connectivity index (χ2v) is 3.35. The predicted molar refractivity (Wildman–Crippen MR) is 56.9 cm³/mol. The van der Waals surface area contributed by atoms with Crippen LogP contribution in [0.1, 0.15) is 15.9 Å². The summed E-state index contributed by atoms with van der Waals surface area (Å²) in [7, 11) is 0. The van der Waals surface area contributed by atoms with Gasteiger partial charge in [0, 0.05) is 11.1 Å². The highest BCUT2D eigenvalue weighted by atomic mass is 35.5. The summed E-state index contributed by atoms with van der Waals surface area (Å²) in [6, 6.07) is 8.53. The molecule has 0 saturated carbocycles. The highest BCUT2D eigenvalue weighted by molar-refractivity contribution is 6.34. The Hall–Kier alpha value is -1.74. The molecule has 0 spiro atoms. The molecule has 2 rings (SSSR count). The van der Waals surface area contributed by atoms with E-state index >= 15 is 0 Å². The maximum Gasteiger partial charge on any atom is 0.196 e. The van der Waals surface area contributed by atoms with Gasteiger partial charge < -0.3 is 0 Å². The van der Waals surface area contributed by atoms with Crippen LogP contribution < -0.4 is 0 Å². The number of aromatic nitrogens is 2. The van der Waals surface area contributed by atoms with Crippen LogP contribution in [0.2, 0.25) is 5.02 Å². The molecule has 4 heteroatoms. The minimum absolute atomic E-state index is 0.143. The highest BCUT2D eigenvalue weighted by Crippen LogP contribution is 2.18. The molecule has 0 N–H and O–H groups in total. The predicted octanol–water partition coefficient (Wildman–Crippen LogP) is 2.36. The quantitative estimate of drug-likeness (QED) is 0.727. The summed E-state index contributed by atoms with van der Waals surface area (Å²) in [5.41, 5.74) is 0.963. The Labute approximate surface area is 91.7 Å². The van der Waals surface area contributed by atoms with Crippen molar-refractivity contribution in [3.8, 4) is 0 Å². The summed E-state index contributed by atoms with van der Waals surface area (Å²) in [6.45, 7) is 0. The van der Waals surface area contributed by atoms with Crippen molar-refractivity contribution in [2.45, 2.75) is 0 Å². The van der Waals surface area contributed by atoms with Gasteiger partial charge in [-0.1, -0.05) is 23.7 Å². The van der Waals surface area contributed by atoms with Crippen LogP contribution in [0.4, 0.5) is 0 Å². The van der Waals surface area contributed by atoms with Gasteiger partial charge in [0.1, 0.15) is 0 Å². The third kappa shape index (κ3) is 2.02. The number of nitrogens with zero attached hydrogens (tertiary/aromatic N) is 2. The summed E-state index contributed by atoms with van der Waals surface area (Å²) in [5.74, 6) is -0.143. The molecule has 74 valence electrons. The topological polar surface area (TPSA) is 42.9 Å². The van der Waals surface area contributed by atoms with Gasteiger partial charge in [-0.3, -0.25) is 4.79 Å². The van der Waals surface area contributed by atoms with Crippen molar-refractivity contribution in [1.29, 1.82) is 0 Å². The van der Waals surface area contributed by atoms with E-state index in [0.717, 1.165) is 0 Å². The average Bonchev–Trinajstić information content (AvgIpc) is 2.30. The molecule has 0 unspecified atom stereocenters. The first-order chi connectivity index (χ1) is 7.29. The lowest BCUT2D eigenvalue weighted by atomic mass is 10.1. The average molecular weight is 219 g/mol. The molecule has 2 aromatic rings. The van der Waals surface area contributed by atoms with Crippen molar-refractivity contribution < 1.29 is 4.79 Å². The molecule has 0 radical (unpaired) electrons. The van der Waals surface area contributed by atoms with Crippen LogP contribution in [0.5, 0.6) is 0 Å². The lowest BCUT2D eigenvalue weighted by Crippen LogP contribution is -2.02. The number of halogens is 1. The highest BCUT2D eigenvalue weighted by Gasteiger charge is 2.11. The first kappa shape index (κ1) is 9.80. The standard InChI is InChI=1S/C11H7ClN2O/c12-10-4-2-1-3-9(10)11(15)8-5-6-13-14-7-8/h1-7H. The number of hydrogen-bond acceptors (Lipinski definition) is 3. The van der Waals surface area contributed by atoms with Gasteiger partial charge in [-0.25, -0.2) is 0 Å². The SMILES string of the molecule is O=C(c1ccnnc1)c1ccccc1Cl. The largest absolute Gasteiger partial charge is 0.288 e. The normalized spacial score (nSPS) is 9.93. The van der Waals surface area contributed by atoms with Crippen molar-refractivity contribution >= 4 is 17.4 Å². The van der Waals surface area contributed by atoms with Gasteiger partial charge in [0.15, 0.2) is 5.78 Å². The Morgan fingerprint density at radius 3 is 2.60 bits per heavy atom. The third-order valence-corrected chi connectivity index (χ3v) is 2.29. The zero-order valence-electron chi connectivity index (χ0n) is 7.72. The summed E-state index contributed by atoms with van der Waals surface area (Å²) >= 11 is 5.91. The Kier molecular flexibility index (Phi) is 2.74. The molecule has 0 aliphatic rings. The molecular weight excluding hydrogens is 212 g/mol. The number of ketones is 1. The van der Waals surface area contributed by atoms with Crippen LogP contribution in [0.25, 0.3) is 0 Å². The number of benzene rings is 1. The molecular formula is C11H7ClN2O. The van der Waals surface area contributed by atoms with Crippen LogP contribution in [0.3, 0.4) is 0 Å². The molecule has 1 aromatic heterocycles. The zero-order valence-corrected chi connectivity index (χ0v) is 8.48. The minimum atomic E-state index is -0.143. The van der Waals surface area contributed by atoms with Gasteiger partial charge in [-0.05, 0) is 18.2 Å². The van der Waals surface area contributed by atoms with E-state index in [1.54, 1.807) is 30.3 Å². The summed E-state index contributed by atoms with van der Waals surface area (Å²) in [4.78, 5) is 11.9. The van der Waals surface area contributed by atoms with Gasteiger partial charge in [-0.2, -0.15) is 10.2 Å². The molecule has 3 nitrogen and oxygen atoms in total. The van der Waals surface area contributed by atoms with E-state index in [4.69, 9.17) is 11.6 Å². The van der Waals surface area contributed by atoms with Crippen LogP contribution in [0, 0.1) is 0 Å². The van der Waals surface area contributed by atoms with E-state index in [9.17, 15) is 4.79 Å². The summed E-state index contributed by atoms with van der Waals surface area (Å²) < 4.78 is 0. The van der Waals surface area contributed by atoms with E-state index in [1.165, 1.54) is 12.4 Å². The fourth-order valence-electron chi connectivity index (χ4n) is 1.23. The maximum atomic E-state index is 11.9. The van der Waals surface area contributed by atoms with Crippen LogP contribution >= 0.6 is 11.6 Å². The Balaban J connectivity index is 2.42. The van der Waals surface area contributed by atoms with Crippen molar-refractivity contribution in [1.82, 2.24) is 10.2 Å². The van der Waals surface area contributed by atoms with E-state index in [0.29, 0.717) is 16.1 Å². The molecule has 0 aliphatic carbocycles. The summed E-state index contributed by atoms with van der Waals surface area (Å²) in [6.07, 6.45) is 2.90. The lowest BCUT2D eigenvalue weighted by molar-refractivity contribution is 0.103. The fraction of sp³-hybridized carbons (Fsp3) is 0. The summed E-state index contributed by atoms with van der Waals surface area (Å²) in [5, 5.41) is 7.70. The first-order valence-electron chi connectivity index (χ1n) is 4.35. The number of hydrogen-bond donors (Lipinski definition) is 0. The van der Waals surface area contributed by atoms with Gasteiger partial charge in [0.2, 0.25) is 0 Å². The van der Waals surface area contributed by atoms with Gasteiger partial charge in [0.25, 0.3) is 0 Å². The third-order valence-electron chi connectivity index (χ3n) is 1.96. The van der Waals surface area contributed by atoms with Crippen LogP contribution in [-0.2, 0) is 0 Å². The smallest absolute Gasteiger partial charge is 0.196 e. The van der Waals surface area contributed by atoms with Crippen molar-refractivity contribution in [3.63, 3.8) is 0 Å². The molecule has 1 aromatic carbocycles. The van der Waals surface area contributed by atoms with Gasteiger partial charge in [-0.15, -0.1) is 0 Å². The molecule has 0 saturated heterocycles. The monoisotopic (exact) mass is 218 g/mol. The molecule has 1 heterocycles. The van der Waals surface area contributed by atoms with Gasteiger partial charge >= 0.3 is 0 Å². The molecule has 0 amide bonds. The Morgan fingerprint density at radius 1 is 1.13 bits per heavy atom. The van der Waals surface area contributed by atoms with E-state index in [-0.39, 0.29) is 5.78 Å². The lowest BCUT2D eigenvalue weighted by Gasteiger charge is -2.01. The Bertz CT molecular complexity index is 485. The van der Waals surface area contributed by atoms with E-state index in [1.807, 2.05) is 0 Å². The number of carbonyl (C=O) groups excluding carboxylic acids is 1. The molecule has 0 aliphatic heterocycles. The second kappa shape index (κ2) is 4.19. The van der Waals surface area contributed by atoms with Gasteiger partial charge in [0.05, 0.1) is 17.4 Å². The molecule has 15 heavy (non-hydrogen) atoms. The molecule has 0 fully saturated rings. The van der Waals surface area contributed by atoms with Crippen molar-refractivity contribution in [2.24, 2.45) is 0 Å². The first-order valence-corrected chi connectivity index (χ1v) is 4.73. The molecule has 0 bridgehead atoms. The molecule has 0 atom stereocenters. The van der Waals surface area contributed by atoms with Crippen molar-refractivity contribution in [3.05, 3.63) is 58.9 Å². The maximum absolute atomic E-state index is 11.9. The number of carbonyl (C=O) groups is 1. The zero-order chi connectivity index (χ0) is 10.7. The van der Waals surface area contributed by atoms with E-state index < -0.39 is 0 Å². The minimum Gasteiger partial charge on any atom is -0.288 e. The Morgan fingerprint density at radius 2 is 1.93 bits per heavy atom. The second-order valence-electron chi connectivity index (χ2n) is 2.94. The number of rotatable bonds is 2. The van der Waals surface area contributed by atoms with Crippen LogP contribution in [-0.4, -0.2) is 16.0 Å². The van der Waals surface area contributed by atoms with Crippen molar-refractivity contribution in [2.75, 3.05) is 0 Å².